The van der Waals surface area contributed by atoms with Crippen LogP contribution in [0.25, 0.3) is 0 Å². The Kier molecular flexibility index (Phi) is 11.0. The zero-order valence-electron chi connectivity index (χ0n) is 10.4. The van der Waals surface area contributed by atoms with Crippen molar-refractivity contribution in [1.82, 2.24) is 5.32 Å². The number of rotatable bonds is 10. The maximum atomic E-state index is 3.51. The van der Waals surface area contributed by atoms with E-state index in [1.54, 1.807) is 0 Å². The molecular weight excluding hydrogens is 170 g/mol. The van der Waals surface area contributed by atoms with Gasteiger partial charge in [0, 0.05) is 0 Å². The quantitative estimate of drug-likeness (QED) is 0.525. The highest BCUT2D eigenvalue weighted by atomic mass is 14.8. The summed E-state index contributed by atoms with van der Waals surface area (Å²) in [7, 11) is 0. The topological polar surface area (TPSA) is 12.0 Å². The lowest BCUT2D eigenvalue weighted by Gasteiger charge is -2.05. The summed E-state index contributed by atoms with van der Waals surface area (Å²) in [4.78, 5) is 0. The Morgan fingerprint density at radius 2 is 1.50 bits per heavy atom. The summed E-state index contributed by atoms with van der Waals surface area (Å²) in [6.07, 6.45) is 9.63. The molecule has 0 heterocycles. The second kappa shape index (κ2) is 11.0. The van der Waals surface area contributed by atoms with Crippen molar-refractivity contribution in [3.05, 3.63) is 0 Å². The SMILES string of the molecule is CCCCCNCCCCCC(C)C. The molecular formula is C13H29N. The molecule has 0 atom stereocenters. The zero-order valence-corrected chi connectivity index (χ0v) is 10.4. The van der Waals surface area contributed by atoms with Crippen LogP contribution in [0.4, 0.5) is 0 Å². The Labute approximate surface area is 90.7 Å². The molecule has 0 aliphatic rings. The highest BCUT2D eigenvalue weighted by molar-refractivity contribution is 4.51. The number of hydrogen-bond acceptors (Lipinski definition) is 1. The van der Waals surface area contributed by atoms with Gasteiger partial charge in [0.15, 0.2) is 0 Å². The van der Waals surface area contributed by atoms with Crippen molar-refractivity contribution < 1.29 is 0 Å². The lowest BCUT2D eigenvalue weighted by molar-refractivity contribution is 0.512. The third kappa shape index (κ3) is 12.0. The highest BCUT2D eigenvalue weighted by Crippen LogP contribution is 2.07. The van der Waals surface area contributed by atoms with Crippen molar-refractivity contribution in [1.29, 1.82) is 0 Å². The van der Waals surface area contributed by atoms with E-state index in [1.807, 2.05) is 0 Å². The summed E-state index contributed by atoms with van der Waals surface area (Å²) in [5.41, 5.74) is 0. The van der Waals surface area contributed by atoms with Gasteiger partial charge in [-0.15, -0.1) is 0 Å². The molecule has 0 saturated carbocycles. The highest BCUT2D eigenvalue weighted by Gasteiger charge is 1.93. The van der Waals surface area contributed by atoms with Gasteiger partial charge >= 0.3 is 0 Å². The first-order valence-corrected chi connectivity index (χ1v) is 6.48. The summed E-state index contributed by atoms with van der Waals surface area (Å²) in [5.74, 6) is 0.882. The molecule has 0 spiro atoms. The number of unbranched alkanes of at least 4 members (excludes halogenated alkanes) is 4. The number of nitrogens with one attached hydrogen (secondary N) is 1. The van der Waals surface area contributed by atoms with Gasteiger partial charge in [0.05, 0.1) is 0 Å². The monoisotopic (exact) mass is 199 g/mol. The molecule has 0 aromatic heterocycles. The van der Waals surface area contributed by atoms with Gasteiger partial charge in [-0.2, -0.15) is 0 Å². The Morgan fingerprint density at radius 3 is 2.07 bits per heavy atom. The maximum absolute atomic E-state index is 3.51. The maximum Gasteiger partial charge on any atom is -0.00489 e. The fourth-order valence-electron chi connectivity index (χ4n) is 1.60. The molecule has 0 saturated heterocycles. The van der Waals surface area contributed by atoms with Crippen LogP contribution in [-0.2, 0) is 0 Å². The minimum absolute atomic E-state index is 0.882. The standard InChI is InChI=1S/C13H29N/c1-4-5-8-11-14-12-9-6-7-10-13(2)3/h13-14H,4-12H2,1-3H3. The lowest BCUT2D eigenvalue weighted by atomic mass is 10.1. The number of hydrogen-bond donors (Lipinski definition) is 1. The minimum Gasteiger partial charge on any atom is -0.317 e. The van der Waals surface area contributed by atoms with E-state index >= 15 is 0 Å². The molecule has 1 N–H and O–H groups in total. The van der Waals surface area contributed by atoms with Crippen LogP contribution in [0.15, 0.2) is 0 Å². The van der Waals surface area contributed by atoms with E-state index in [-0.39, 0.29) is 0 Å². The molecule has 0 aromatic rings. The minimum atomic E-state index is 0.882. The van der Waals surface area contributed by atoms with Crippen molar-refractivity contribution >= 4 is 0 Å². The van der Waals surface area contributed by atoms with Crippen molar-refractivity contribution in [2.24, 2.45) is 5.92 Å². The van der Waals surface area contributed by atoms with Crippen molar-refractivity contribution in [3.63, 3.8) is 0 Å². The van der Waals surface area contributed by atoms with E-state index in [2.05, 4.69) is 26.1 Å². The van der Waals surface area contributed by atoms with Gasteiger partial charge in [0.2, 0.25) is 0 Å². The molecule has 0 radical (unpaired) electrons. The van der Waals surface area contributed by atoms with Gasteiger partial charge in [0.1, 0.15) is 0 Å². The smallest absolute Gasteiger partial charge is 0.00489 e. The van der Waals surface area contributed by atoms with Crippen LogP contribution >= 0.6 is 0 Å². The molecule has 0 fully saturated rings. The van der Waals surface area contributed by atoms with Crippen molar-refractivity contribution in [2.75, 3.05) is 13.1 Å². The molecule has 0 amide bonds. The summed E-state index contributed by atoms with van der Waals surface area (Å²) < 4.78 is 0. The van der Waals surface area contributed by atoms with Crippen molar-refractivity contribution in [3.8, 4) is 0 Å². The molecule has 0 rings (SSSR count). The first-order valence-electron chi connectivity index (χ1n) is 6.48. The van der Waals surface area contributed by atoms with Crippen LogP contribution < -0.4 is 5.32 Å². The van der Waals surface area contributed by atoms with Crippen LogP contribution in [-0.4, -0.2) is 13.1 Å². The molecule has 14 heavy (non-hydrogen) atoms. The van der Waals surface area contributed by atoms with Crippen LogP contribution in [0.3, 0.4) is 0 Å². The van der Waals surface area contributed by atoms with E-state index in [0.717, 1.165) is 5.92 Å². The molecule has 1 heteroatoms. The van der Waals surface area contributed by atoms with Gasteiger partial charge in [-0.25, -0.2) is 0 Å². The second-order valence-corrected chi connectivity index (χ2v) is 4.70. The Morgan fingerprint density at radius 1 is 0.857 bits per heavy atom. The first-order chi connectivity index (χ1) is 6.77. The van der Waals surface area contributed by atoms with Crippen LogP contribution in [0.5, 0.6) is 0 Å². The summed E-state index contributed by atoms with van der Waals surface area (Å²) >= 11 is 0. The largest absolute Gasteiger partial charge is 0.317 e. The second-order valence-electron chi connectivity index (χ2n) is 4.70. The summed E-state index contributed by atoms with van der Waals surface area (Å²) in [6, 6.07) is 0. The summed E-state index contributed by atoms with van der Waals surface area (Å²) in [5, 5.41) is 3.51. The van der Waals surface area contributed by atoms with E-state index in [1.165, 1.54) is 58.0 Å². The third-order valence-corrected chi connectivity index (χ3v) is 2.59. The Hall–Kier alpha value is -0.0400. The zero-order chi connectivity index (χ0) is 10.6. The molecule has 0 aliphatic carbocycles. The van der Waals surface area contributed by atoms with Gasteiger partial charge in [-0.05, 0) is 31.8 Å². The molecule has 0 bridgehead atoms. The average molecular weight is 199 g/mol. The van der Waals surface area contributed by atoms with Gasteiger partial charge in [-0.1, -0.05) is 52.9 Å². The normalized spacial score (nSPS) is 11.1. The Balaban J connectivity index is 2.85. The molecule has 0 unspecified atom stereocenters. The van der Waals surface area contributed by atoms with Gasteiger partial charge < -0.3 is 5.32 Å². The van der Waals surface area contributed by atoms with E-state index in [9.17, 15) is 0 Å². The van der Waals surface area contributed by atoms with Crippen LogP contribution in [0, 0.1) is 5.92 Å². The van der Waals surface area contributed by atoms with E-state index in [0.29, 0.717) is 0 Å². The van der Waals surface area contributed by atoms with Crippen molar-refractivity contribution in [2.45, 2.75) is 65.7 Å². The molecule has 0 aliphatic heterocycles. The fraction of sp³-hybridized carbons (Fsp3) is 1.00. The van der Waals surface area contributed by atoms with Crippen LogP contribution in [0.1, 0.15) is 65.7 Å². The molecule has 0 aromatic carbocycles. The summed E-state index contributed by atoms with van der Waals surface area (Å²) in [6.45, 7) is 9.32. The lowest BCUT2D eigenvalue weighted by Crippen LogP contribution is -2.16. The predicted molar refractivity (Wildman–Crippen MR) is 65.7 cm³/mol. The molecule has 1 nitrogen and oxygen atoms in total. The van der Waals surface area contributed by atoms with E-state index < -0.39 is 0 Å². The van der Waals surface area contributed by atoms with E-state index in [4.69, 9.17) is 0 Å². The average Bonchev–Trinajstić information content (AvgIpc) is 2.15. The third-order valence-electron chi connectivity index (χ3n) is 2.59. The predicted octanol–water partition coefficient (Wildman–Crippen LogP) is 3.98. The molecule has 86 valence electrons. The van der Waals surface area contributed by atoms with Crippen LogP contribution in [0.2, 0.25) is 0 Å². The Bertz CT molecular complexity index is 99.4. The van der Waals surface area contributed by atoms with Gasteiger partial charge in [0.25, 0.3) is 0 Å². The fourth-order valence-corrected chi connectivity index (χ4v) is 1.60. The first kappa shape index (κ1) is 14.0. The van der Waals surface area contributed by atoms with Gasteiger partial charge in [-0.3, -0.25) is 0 Å².